The van der Waals surface area contributed by atoms with E-state index in [0.717, 1.165) is 19.0 Å². The van der Waals surface area contributed by atoms with Gasteiger partial charge in [0.05, 0.1) is 10.2 Å². The van der Waals surface area contributed by atoms with Gasteiger partial charge in [-0.15, -0.1) is 0 Å². The summed E-state index contributed by atoms with van der Waals surface area (Å²) < 4.78 is 15.1. The Bertz CT molecular complexity index is 634. The molecule has 0 atom stereocenters. The number of carboxylic acid groups (broad SMARTS) is 1. The van der Waals surface area contributed by atoms with Crippen molar-refractivity contribution in [3.05, 3.63) is 33.9 Å². The number of halogens is 2. The maximum Gasteiger partial charge on any atom is 0.354 e. The molecule has 17 heavy (non-hydrogen) atoms. The van der Waals surface area contributed by atoms with Crippen LogP contribution in [0.5, 0.6) is 0 Å². The van der Waals surface area contributed by atoms with Crippen LogP contribution < -0.4 is 0 Å². The van der Waals surface area contributed by atoms with Gasteiger partial charge in [0.2, 0.25) is 0 Å². The van der Waals surface area contributed by atoms with Crippen molar-refractivity contribution >= 4 is 27.5 Å². The lowest BCUT2D eigenvalue weighted by atomic mass is 10.2. The third-order valence-corrected chi connectivity index (χ3v) is 3.42. The van der Waals surface area contributed by atoms with Gasteiger partial charge >= 0.3 is 5.97 Å². The summed E-state index contributed by atoms with van der Waals surface area (Å²) >= 11 is 3.20. The highest BCUT2D eigenvalue weighted by molar-refractivity contribution is 9.10. The number of hydrogen-bond donors (Lipinski definition) is 1. The lowest BCUT2D eigenvalue weighted by molar-refractivity contribution is 0.0688. The molecular formula is C11H8BrFN2O2. The van der Waals surface area contributed by atoms with Crippen LogP contribution in [0, 0.1) is 5.82 Å². The summed E-state index contributed by atoms with van der Waals surface area (Å²) in [5, 5.41) is 9.21. The fourth-order valence-electron chi connectivity index (χ4n) is 1.94. The number of rotatable bonds is 2. The lowest BCUT2D eigenvalue weighted by Gasteiger charge is -1.99. The largest absolute Gasteiger partial charge is 0.477 e. The van der Waals surface area contributed by atoms with E-state index in [0.29, 0.717) is 15.8 Å². The van der Waals surface area contributed by atoms with Crippen LogP contribution in [-0.4, -0.2) is 20.5 Å². The normalized spacial score (nSPS) is 15.4. The van der Waals surface area contributed by atoms with E-state index in [4.69, 9.17) is 0 Å². The molecule has 0 spiro atoms. The minimum absolute atomic E-state index is 0.0719. The number of imidazole rings is 1. The number of aromatic carboxylic acids is 1. The Morgan fingerprint density at radius 3 is 2.88 bits per heavy atom. The number of aromatic nitrogens is 2. The van der Waals surface area contributed by atoms with Crippen molar-refractivity contribution in [2.45, 2.75) is 18.8 Å². The molecule has 1 aliphatic rings. The average molecular weight is 299 g/mol. The standard InChI is InChI=1S/C11H8BrFN2O2/c12-7-3-6(13)4-15-9(11(16)17)8(5-1-2-5)14-10(7)15/h3-5H,1-2H2,(H,16,17). The van der Waals surface area contributed by atoms with Gasteiger partial charge in [-0.1, -0.05) is 0 Å². The van der Waals surface area contributed by atoms with Crippen LogP contribution >= 0.6 is 15.9 Å². The zero-order chi connectivity index (χ0) is 12.2. The molecule has 6 heteroatoms. The monoisotopic (exact) mass is 298 g/mol. The minimum atomic E-state index is -1.07. The maximum atomic E-state index is 13.3. The summed E-state index contributed by atoms with van der Waals surface area (Å²) in [5.41, 5.74) is 1.08. The van der Waals surface area contributed by atoms with Crippen molar-refractivity contribution in [3.8, 4) is 0 Å². The van der Waals surface area contributed by atoms with E-state index in [1.807, 2.05) is 0 Å². The van der Waals surface area contributed by atoms with Crippen molar-refractivity contribution in [2.24, 2.45) is 0 Å². The van der Waals surface area contributed by atoms with Gasteiger partial charge in [-0.05, 0) is 34.8 Å². The van der Waals surface area contributed by atoms with E-state index >= 15 is 0 Å². The highest BCUT2D eigenvalue weighted by atomic mass is 79.9. The molecule has 2 aromatic heterocycles. The Labute approximate surface area is 104 Å². The van der Waals surface area contributed by atoms with Gasteiger partial charge < -0.3 is 5.11 Å². The van der Waals surface area contributed by atoms with Gasteiger partial charge in [0.1, 0.15) is 5.82 Å². The Morgan fingerprint density at radius 2 is 2.29 bits per heavy atom. The summed E-state index contributed by atoms with van der Waals surface area (Å²) in [5.74, 6) is -1.36. The van der Waals surface area contributed by atoms with Crippen molar-refractivity contribution in [1.82, 2.24) is 9.38 Å². The minimum Gasteiger partial charge on any atom is -0.477 e. The quantitative estimate of drug-likeness (QED) is 0.927. The summed E-state index contributed by atoms with van der Waals surface area (Å²) in [6, 6.07) is 1.28. The second kappa shape index (κ2) is 3.53. The second-order valence-corrected chi connectivity index (χ2v) is 4.98. The first kappa shape index (κ1) is 10.7. The maximum absolute atomic E-state index is 13.3. The molecule has 1 saturated carbocycles. The SMILES string of the molecule is O=C(O)c1c(C2CC2)nc2c(Br)cc(F)cn12. The zero-order valence-electron chi connectivity index (χ0n) is 8.65. The van der Waals surface area contributed by atoms with Crippen LogP contribution in [-0.2, 0) is 0 Å². The van der Waals surface area contributed by atoms with Crippen molar-refractivity contribution in [2.75, 3.05) is 0 Å². The van der Waals surface area contributed by atoms with E-state index in [2.05, 4.69) is 20.9 Å². The molecule has 0 amide bonds. The number of fused-ring (bicyclic) bond motifs is 1. The van der Waals surface area contributed by atoms with Gasteiger partial charge in [-0.3, -0.25) is 4.40 Å². The van der Waals surface area contributed by atoms with Crippen LogP contribution in [0.15, 0.2) is 16.7 Å². The fraction of sp³-hybridized carbons (Fsp3) is 0.273. The van der Waals surface area contributed by atoms with Gasteiger partial charge in [-0.2, -0.15) is 0 Å². The Balaban J connectivity index is 2.38. The van der Waals surface area contributed by atoms with Gasteiger partial charge in [0, 0.05) is 12.1 Å². The van der Waals surface area contributed by atoms with E-state index in [1.165, 1.54) is 10.5 Å². The highest BCUT2D eigenvalue weighted by Crippen LogP contribution is 2.41. The van der Waals surface area contributed by atoms with Crippen LogP contribution in [0.2, 0.25) is 0 Å². The van der Waals surface area contributed by atoms with Crippen molar-refractivity contribution < 1.29 is 14.3 Å². The third kappa shape index (κ3) is 1.63. The predicted molar refractivity (Wildman–Crippen MR) is 61.8 cm³/mol. The molecule has 0 bridgehead atoms. The van der Waals surface area contributed by atoms with Gasteiger partial charge in [0.15, 0.2) is 11.3 Å². The summed E-state index contributed by atoms with van der Waals surface area (Å²) in [6.45, 7) is 0. The number of hydrogen-bond acceptors (Lipinski definition) is 2. The Morgan fingerprint density at radius 1 is 1.59 bits per heavy atom. The Kier molecular flexibility index (Phi) is 2.22. The molecule has 0 radical (unpaired) electrons. The topological polar surface area (TPSA) is 54.6 Å². The molecule has 1 fully saturated rings. The van der Waals surface area contributed by atoms with E-state index < -0.39 is 11.8 Å². The molecule has 2 heterocycles. The third-order valence-electron chi connectivity index (χ3n) is 2.84. The first-order chi connectivity index (χ1) is 8.08. The predicted octanol–water partition coefficient (Wildman–Crippen LogP) is 2.81. The summed E-state index contributed by atoms with van der Waals surface area (Å²) in [7, 11) is 0. The van der Waals surface area contributed by atoms with Crippen LogP contribution in [0.4, 0.5) is 4.39 Å². The molecule has 1 aliphatic carbocycles. The molecule has 4 nitrogen and oxygen atoms in total. The number of nitrogens with zero attached hydrogens (tertiary/aromatic N) is 2. The van der Waals surface area contributed by atoms with Crippen LogP contribution in [0.3, 0.4) is 0 Å². The van der Waals surface area contributed by atoms with Gasteiger partial charge in [-0.25, -0.2) is 14.2 Å². The smallest absolute Gasteiger partial charge is 0.354 e. The molecule has 88 valence electrons. The molecular weight excluding hydrogens is 291 g/mol. The number of carbonyl (C=O) groups is 1. The highest BCUT2D eigenvalue weighted by Gasteiger charge is 2.33. The average Bonchev–Trinajstić information content (AvgIpc) is 2.99. The first-order valence-electron chi connectivity index (χ1n) is 5.18. The van der Waals surface area contributed by atoms with E-state index in [9.17, 15) is 14.3 Å². The summed E-state index contributed by atoms with van der Waals surface area (Å²) in [4.78, 5) is 15.6. The van der Waals surface area contributed by atoms with Crippen LogP contribution in [0.25, 0.3) is 5.65 Å². The molecule has 0 unspecified atom stereocenters. The molecule has 3 rings (SSSR count). The summed E-state index contributed by atoms with van der Waals surface area (Å²) in [6.07, 6.45) is 3.05. The molecule has 0 aromatic carbocycles. The molecule has 0 aliphatic heterocycles. The van der Waals surface area contributed by atoms with Crippen molar-refractivity contribution in [3.63, 3.8) is 0 Å². The van der Waals surface area contributed by atoms with E-state index in [-0.39, 0.29) is 11.6 Å². The lowest BCUT2D eigenvalue weighted by Crippen LogP contribution is -2.05. The number of carboxylic acids is 1. The van der Waals surface area contributed by atoms with Crippen LogP contribution in [0.1, 0.15) is 34.9 Å². The van der Waals surface area contributed by atoms with Gasteiger partial charge in [0.25, 0.3) is 0 Å². The number of pyridine rings is 1. The fourth-order valence-corrected chi connectivity index (χ4v) is 2.44. The zero-order valence-corrected chi connectivity index (χ0v) is 10.2. The molecule has 0 saturated heterocycles. The molecule has 2 aromatic rings. The second-order valence-electron chi connectivity index (χ2n) is 4.12. The molecule has 1 N–H and O–H groups in total. The Hall–Kier alpha value is -1.43. The van der Waals surface area contributed by atoms with E-state index in [1.54, 1.807) is 0 Å². The van der Waals surface area contributed by atoms with Crippen molar-refractivity contribution in [1.29, 1.82) is 0 Å². The first-order valence-corrected chi connectivity index (χ1v) is 5.97.